The Kier molecular flexibility index (Phi) is 3.81. The van der Waals surface area contributed by atoms with Crippen molar-refractivity contribution in [2.24, 2.45) is 5.73 Å². The summed E-state index contributed by atoms with van der Waals surface area (Å²) in [5, 5.41) is 19.2. The second kappa shape index (κ2) is 4.91. The van der Waals surface area contributed by atoms with E-state index in [1.807, 2.05) is 0 Å². The molecule has 1 aromatic carbocycles. The fourth-order valence-corrected chi connectivity index (χ4v) is 1.53. The lowest BCUT2D eigenvalue weighted by molar-refractivity contribution is -0.384. The van der Waals surface area contributed by atoms with Crippen molar-refractivity contribution in [2.45, 2.75) is 5.92 Å². The van der Waals surface area contributed by atoms with Crippen LogP contribution in [0.15, 0.2) is 18.2 Å². The van der Waals surface area contributed by atoms with Crippen LogP contribution >= 0.6 is 11.6 Å². The first-order valence-corrected chi connectivity index (χ1v) is 4.72. The van der Waals surface area contributed by atoms with E-state index in [9.17, 15) is 14.9 Å². The quantitative estimate of drug-likeness (QED) is 0.615. The van der Waals surface area contributed by atoms with Gasteiger partial charge in [0.2, 0.25) is 0 Å². The van der Waals surface area contributed by atoms with Crippen LogP contribution in [0, 0.1) is 10.1 Å². The smallest absolute Gasteiger partial charge is 0.312 e. The van der Waals surface area contributed by atoms with E-state index in [2.05, 4.69) is 0 Å². The molecule has 0 saturated heterocycles. The molecule has 16 heavy (non-hydrogen) atoms. The maximum Gasteiger partial charge on any atom is 0.312 e. The Bertz CT molecular complexity index is 436. The standard InChI is InChI=1S/C9H9ClN2O4/c10-7-3-5(6(4-11)9(13)14)1-2-8(7)12(15)16/h1-3,6H,4,11H2,(H,13,14). The molecule has 1 rings (SSSR count). The average molecular weight is 245 g/mol. The summed E-state index contributed by atoms with van der Waals surface area (Å²) in [6, 6.07) is 3.77. The van der Waals surface area contributed by atoms with Gasteiger partial charge in [0.15, 0.2) is 0 Å². The van der Waals surface area contributed by atoms with E-state index in [-0.39, 0.29) is 17.3 Å². The highest BCUT2D eigenvalue weighted by Gasteiger charge is 2.21. The zero-order chi connectivity index (χ0) is 12.3. The van der Waals surface area contributed by atoms with E-state index in [4.69, 9.17) is 22.4 Å². The molecular weight excluding hydrogens is 236 g/mol. The molecule has 6 nitrogen and oxygen atoms in total. The summed E-state index contributed by atoms with van der Waals surface area (Å²) in [5.74, 6) is -1.99. The Hall–Kier alpha value is -1.66. The topological polar surface area (TPSA) is 106 Å². The van der Waals surface area contributed by atoms with Crippen molar-refractivity contribution in [3.8, 4) is 0 Å². The van der Waals surface area contributed by atoms with Crippen LogP contribution in [-0.2, 0) is 4.79 Å². The van der Waals surface area contributed by atoms with Crippen LogP contribution < -0.4 is 5.73 Å². The molecule has 0 aliphatic heterocycles. The van der Waals surface area contributed by atoms with Crippen molar-refractivity contribution in [1.29, 1.82) is 0 Å². The number of benzene rings is 1. The summed E-state index contributed by atoms with van der Waals surface area (Å²) in [6.45, 7) is -0.0938. The van der Waals surface area contributed by atoms with Crippen molar-refractivity contribution < 1.29 is 14.8 Å². The van der Waals surface area contributed by atoms with Gasteiger partial charge < -0.3 is 10.8 Å². The molecule has 0 aliphatic rings. The molecule has 1 atom stereocenters. The van der Waals surface area contributed by atoms with Gasteiger partial charge >= 0.3 is 5.97 Å². The molecule has 3 N–H and O–H groups in total. The predicted molar refractivity (Wildman–Crippen MR) is 57.5 cm³/mol. The largest absolute Gasteiger partial charge is 0.481 e. The second-order valence-electron chi connectivity index (χ2n) is 3.09. The SMILES string of the molecule is NCC(C(=O)O)c1ccc([N+](=O)[O-])c(Cl)c1. The molecule has 0 saturated carbocycles. The molecular formula is C9H9ClN2O4. The maximum atomic E-state index is 10.8. The monoisotopic (exact) mass is 244 g/mol. The van der Waals surface area contributed by atoms with Gasteiger partial charge in [-0.15, -0.1) is 0 Å². The number of carbonyl (C=O) groups is 1. The minimum atomic E-state index is -1.09. The number of hydrogen-bond donors (Lipinski definition) is 2. The first-order valence-electron chi connectivity index (χ1n) is 4.34. The molecule has 0 amide bonds. The van der Waals surface area contributed by atoms with Gasteiger partial charge in [-0.25, -0.2) is 0 Å². The molecule has 0 aromatic heterocycles. The zero-order valence-electron chi connectivity index (χ0n) is 8.09. The van der Waals surface area contributed by atoms with Crippen molar-refractivity contribution in [3.63, 3.8) is 0 Å². The molecule has 0 heterocycles. The number of carboxylic acids is 1. The van der Waals surface area contributed by atoms with Crippen molar-refractivity contribution in [3.05, 3.63) is 38.9 Å². The van der Waals surface area contributed by atoms with E-state index < -0.39 is 16.8 Å². The summed E-state index contributed by atoms with van der Waals surface area (Å²) in [5.41, 5.74) is 5.39. The summed E-state index contributed by atoms with van der Waals surface area (Å²) < 4.78 is 0. The minimum absolute atomic E-state index is 0.0938. The van der Waals surface area contributed by atoms with Crippen LogP contribution in [-0.4, -0.2) is 22.5 Å². The van der Waals surface area contributed by atoms with Gasteiger partial charge in [-0.05, 0) is 11.6 Å². The molecule has 86 valence electrons. The van der Waals surface area contributed by atoms with Crippen molar-refractivity contribution >= 4 is 23.3 Å². The molecule has 1 unspecified atom stereocenters. The molecule has 7 heteroatoms. The van der Waals surface area contributed by atoms with Gasteiger partial charge in [-0.3, -0.25) is 14.9 Å². The third-order valence-electron chi connectivity index (χ3n) is 2.10. The summed E-state index contributed by atoms with van der Waals surface area (Å²) >= 11 is 5.65. The van der Waals surface area contributed by atoms with Crippen molar-refractivity contribution in [2.75, 3.05) is 6.54 Å². The Morgan fingerprint density at radius 3 is 2.62 bits per heavy atom. The fourth-order valence-electron chi connectivity index (χ4n) is 1.27. The Labute approximate surface area is 95.8 Å². The molecule has 0 aliphatic carbocycles. The molecule has 0 bridgehead atoms. The third kappa shape index (κ3) is 2.47. The summed E-state index contributed by atoms with van der Waals surface area (Å²) in [4.78, 5) is 20.7. The molecule has 0 radical (unpaired) electrons. The highest BCUT2D eigenvalue weighted by atomic mass is 35.5. The van der Waals surface area contributed by atoms with E-state index in [1.54, 1.807) is 0 Å². The highest BCUT2D eigenvalue weighted by Crippen LogP contribution is 2.28. The number of halogens is 1. The predicted octanol–water partition coefficient (Wildman–Crippen LogP) is 1.38. The lowest BCUT2D eigenvalue weighted by Crippen LogP contribution is -2.21. The summed E-state index contributed by atoms with van der Waals surface area (Å²) in [6.07, 6.45) is 0. The maximum absolute atomic E-state index is 10.8. The Morgan fingerprint density at radius 1 is 1.62 bits per heavy atom. The third-order valence-corrected chi connectivity index (χ3v) is 2.41. The number of aliphatic carboxylic acids is 1. The number of nitrogens with two attached hydrogens (primary N) is 1. The number of nitro groups is 1. The highest BCUT2D eigenvalue weighted by molar-refractivity contribution is 6.32. The lowest BCUT2D eigenvalue weighted by atomic mass is 9.99. The first-order chi connectivity index (χ1) is 7.47. The second-order valence-corrected chi connectivity index (χ2v) is 3.50. The number of hydrogen-bond acceptors (Lipinski definition) is 4. The van der Waals surface area contributed by atoms with Crippen LogP contribution in [0.4, 0.5) is 5.69 Å². The molecule has 0 fully saturated rings. The van der Waals surface area contributed by atoms with Gasteiger partial charge in [-0.2, -0.15) is 0 Å². The van der Waals surface area contributed by atoms with Crippen LogP contribution in [0.3, 0.4) is 0 Å². The number of rotatable bonds is 4. The Morgan fingerprint density at radius 2 is 2.25 bits per heavy atom. The normalized spacial score (nSPS) is 12.1. The first kappa shape index (κ1) is 12.4. The van der Waals surface area contributed by atoms with E-state index in [0.717, 1.165) is 0 Å². The molecule has 1 aromatic rings. The molecule has 0 spiro atoms. The van der Waals surface area contributed by atoms with Crippen molar-refractivity contribution in [1.82, 2.24) is 0 Å². The van der Waals surface area contributed by atoms with Crippen LogP contribution in [0.25, 0.3) is 0 Å². The van der Waals surface area contributed by atoms with Gasteiger partial charge in [0.05, 0.1) is 10.8 Å². The van der Waals surface area contributed by atoms with Crippen LogP contribution in [0.5, 0.6) is 0 Å². The number of nitrogens with zero attached hydrogens (tertiary/aromatic N) is 1. The zero-order valence-corrected chi connectivity index (χ0v) is 8.85. The van der Waals surface area contributed by atoms with Crippen LogP contribution in [0.2, 0.25) is 5.02 Å². The van der Waals surface area contributed by atoms with Gasteiger partial charge in [0.25, 0.3) is 5.69 Å². The van der Waals surface area contributed by atoms with E-state index in [0.29, 0.717) is 5.56 Å². The Balaban J connectivity index is 3.14. The van der Waals surface area contributed by atoms with E-state index >= 15 is 0 Å². The summed E-state index contributed by atoms with van der Waals surface area (Å²) in [7, 11) is 0. The minimum Gasteiger partial charge on any atom is -0.481 e. The van der Waals surface area contributed by atoms with Gasteiger partial charge in [0, 0.05) is 12.6 Å². The van der Waals surface area contributed by atoms with Gasteiger partial charge in [0.1, 0.15) is 5.02 Å². The van der Waals surface area contributed by atoms with E-state index in [1.165, 1.54) is 18.2 Å². The average Bonchev–Trinajstić information content (AvgIpc) is 2.17. The number of nitro benzene ring substituents is 1. The van der Waals surface area contributed by atoms with Crippen LogP contribution in [0.1, 0.15) is 11.5 Å². The number of carboxylic acid groups (broad SMARTS) is 1. The lowest BCUT2D eigenvalue weighted by Gasteiger charge is -2.09. The fraction of sp³-hybridized carbons (Fsp3) is 0.222. The van der Waals surface area contributed by atoms with Gasteiger partial charge in [-0.1, -0.05) is 17.7 Å².